The summed E-state index contributed by atoms with van der Waals surface area (Å²) in [5, 5.41) is 0. The van der Waals surface area contributed by atoms with Gasteiger partial charge in [0, 0.05) is 25.0 Å². The number of hydrogen-bond acceptors (Lipinski definition) is 4. The monoisotopic (exact) mass is 269 g/mol. The van der Waals surface area contributed by atoms with Crippen LogP contribution >= 0.6 is 0 Å². The number of aromatic nitrogens is 1. The second kappa shape index (κ2) is 4.77. The normalized spacial score (nSPS) is 10.8. The van der Waals surface area contributed by atoms with E-state index in [9.17, 15) is 4.79 Å². The fourth-order valence-corrected chi connectivity index (χ4v) is 2.23. The van der Waals surface area contributed by atoms with Crippen LogP contribution < -0.4 is 16.4 Å². The summed E-state index contributed by atoms with van der Waals surface area (Å²) in [5.74, 6) is -0.435. The minimum atomic E-state index is -0.435. The number of aromatic amines is 1. The molecule has 1 aromatic heterocycles. The maximum Gasteiger partial charge on any atom is 0.417 e. The van der Waals surface area contributed by atoms with E-state index < -0.39 is 5.76 Å². The number of rotatable bonds is 3. The van der Waals surface area contributed by atoms with Gasteiger partial charge in [-0.25, -0.2) is 4.79 Å². The topological polar surface area (TPSA) is 75.3 Å². The lowest BCUT2D eigenvalue weighted by Crippen LogP contribution is -2.16. The van der Waals surface area contributed by atoms with Crippen molar-refractivity contribution in [3.63, 3.8) is 0 Å². The van der Waals surface area contributed by atoms with Crippen LogP contribution in [0.2, 0.25) is 0 Å². The molecular formula is C15H15N3O2. The molecule has 5 heteroatoms. The Hall–Kier alpha value is -2.69. The van der Waals surface area contributed by atoms with Crippen LogP contribution in [0.25, 0.3) is 11.1 Å². The first-order valence-electron chi connectivity index (χ1n) is 6.30. The van der Waals surface area contributed by atoms with Gasteiger partial charge < -0.3 is 15.1 Å². The third-order valence-electron chi connectivity index (χ3n) is 3.21. The summed E-state index contributed by atoms with van der Waals surface area (Å²) < 4.78 is 4.99. The summed E-state index contributed by atoms with van der Waals surface area (Å²) in [6.45, 7) is 0.735. The van der Waals surface area contributed by atoms with E-state index >= 15 is 0 Å². The van der Waals surface area contributed by atoms with Gasteiger partial charge in [-0.3, -0.25) is 4.98 Å². The summed E-state index contributed by atoms with van der Waals surface area (Å²) in [5.41, 5.74) is 9.93. The van der Waals surface area contributed by atoms with Crippen molar-refractivity contribution in [2.45, 2.75) is 6.54 Å². The molecule has 0 aliphatic rings. The predicted molar refractivity (Wildman–Crippen MR) is 79.8 cm³/mol. The molecule has 0 fully saturated rings. The van der Waals surface area contributed by atoms with Crippen molar-refractivity contribution in [1.82, 2.24) is 4.98 Å². The van der Waals surface area contributed by atoms with Crippen LogP contribution in [0.1, 0.15) is 5.56 Å². The number of benzene rings is 2. The first kappa shape index (κ1) is 12.3. The predicted octanol–water partition coefficient (Wildman–Crippen LogP) is 2.34. The Morgan fingerprint density at radius 1 is 1.25 bits per heavy atom. The van der Waals surface area contributed by atoms with Crippen LogP contribution in [0.5, 0.6) is 0 Å². The molecule has 3 aromatic rings. The molecule has 0 aliphatic carbocycles. The Morgan fingerprint density at radius 3 is 2.90 bits per heavy atom. The summed E-state index contributed by atoms with van der Waals surface area (Å²) in [6, 6.07) is 13.4. The largest absolute Gasteiger partial charge is 0.417 e. The number of anilines is 2. The molecule has 0 radical (unpaired) electrons. The summed E-state index contributed by atoms with van der Waals surface area (Å²) in [6.07, 6.45) is 0. The fourth-order valence-electron chi connectivity index (χ4n) is 2.23. The standard InChI is InChI=1S/C15H15N3O2/c1-18(9-10-3-2-4-11(16)7-10)12-5-6-14-13(8-12)17-15(19)20-14/h2-8H,9,16H2,1H3,(H,17,19). The highest BCUT2D eigenvalue weighted by molar-refractivity contribution is 5.77. The molecule has 0 aliphatic heterocycles. The summed E-state index contributed by atoms with van der Waals surface area (Å²) in [7, 11) is 1.99. The van der Waals surface area contributed by atoms with Gasteiger partial charge in [-0.05, 0) is 35.9 Å². The highest BCUT2D eigenvalue weighted by atomic mass is 16.4. The number of H-pyrrole nitrogens is 1. The van der Waals surface area contributed by atoms with Gasteiger partial charge in [0.25, 0.3) is 0 Å². The van der Waals surface area contributed by atoms with Crippen molar-refractivity contribution in [2.75, 3.05) is 17.7 Å². The molecule has 0 saturated heterocycles. The molecule has 3 N–H and O–H groups in total. The molecule has 0 bridgehead atoms. The lowest BCUT2D eigenvalue weighted by Gasteiger charge is -2.19. The molecular weight excluding hydrogens is 254 g/mol. The average Bonchev–Trinajstić information content (AvgIpc) is 2.77. The molecule has 0 unspecified atom stereocenters. The molecule has 2 aromatic carbocycles. The Labute approximate surface area is 115 Å². The van der Waals surface area contributed by atoms with Gasteiger partial charge in [0.1, 0.15) is 0 Å². The van der Waals surface area contributed by atoms with Gasteiger partial charge >= 0.3 is 5.76 Å². The second-order valence-corrected chi connectivity index (χ2v) is 4.80. The molecule has 0 spiro atoms. The molecule has 20 heavy (non-hydrogen) atoms. The fraction of sp³-hybridized carbons (Fsp3) is 0.133. The molecule has 0 amide bonds. The van der Waals surface area contributed by atoms with Gasteiger partial charge in [-0.1, -0.05) is 12.1 Å². The molecule has 1 heterocycles. The molecule has 0 atom stereocenters. The van der Waals surface area contributed by atoms with Gasteiger partial charge in [0.2, 0.25) is 0 Å². The lowest BCUT2D eigenvalue weighted by atomic mass is 10.2. The Kier molecular flexibility index (Phi) is 2.95. The van der Waals surface area contributed by atoms with Crippen molar-refractivity contribution in [2.24, 2.45) is 0 Å². The zero-order chi connectivity index (χ0) is 14.1. The van der Waals surface area contributed by atoms with Crippen LogP contribution in [0, 0.1) is 0 Å². The van der Waals surface area contributed by atoms with E-state index in [1.54, 1.807) is 6.07 Å². The van der Waals surface area contributed by atoms with E-state index in [2.05, 4.69) is 9.88 Å². The molecule has 0 saturated carbocycles. The number of hydrogen-bond donors (Lipinski definition) is 2. The van der Waals surface area contributed by atoms with Crippen LogP contribution in [-0.2, 0) is 6.54 Å². The number of nitrogens with two attached hydrogens (primary N) is 1. The quantitative estimate of drug-likeness (QED) is 0.716. The van der Waals surface area contributed by atoms with Gasteiger partial charge in [-0.2, -0.15) is 0 Å². The Bertz CT molecular complexity index is 804. The minimum absolute atomic E-state index is 0.435. The molecule has 3 rings (SSSR count). The highest BCUT2D eigenvalue weighted by Gasteiger charge is 2.06. The average molecular weight is 269 g/mol. The zero-order valence-corrected chi connectivity index (χ0v) is 11.1. The minimum Gasteiger partial charge on any atom is -0.408 e. The lowest BCUT2D eigenvalue weighted by molar-refractivity contribution is 0.555. The number of nitrogens with one attached hydrogen (secondary N) is 1. The van der Waals surface area contributed by atoms with Crippen molar-refractivity contribution in [1.29, 1.82) is 0 Å². The van der Waals surface area contributed by atoms with Crippen molar-refractivity contribution < 1.29 is 4.42 Å². The zero-order valence-electron chi connectivity index (χ0n) is 11.1. The van der Waals surface area contributed by atoms with E-state index in [0.29, 0.717) is 11.1 Å². The third-order valence-corrected chi connectivity index (χ3v) is 3.21. The summed E-state index contributed by atoms with van der Waals surface area (Å²) in [4.78, 5) is 15.9. The van der Waals surface area contributed by atoms with Gasteiger partial charge in [0.15, 0.2) is 5.58 Å². The second-order valence-electron chi connectivity index (χ2n) is 4.80. The maximum absolute atomic E-state index is 11.1. The van der Waals surface area contributed by atoms with E-state index in [0.717, 1.165) is 23.5 Å². The van der Waals surface area contributed by atoms with E-state index in [-0.39, 0.29) is 0 Å². The Morgan fingerprint density at radius 2 is 2.10 bits per heavy atom. The number of nitrogens with zero attached hydrogens (tertiary/aromatic N) is 1. The van der Waals surface area contributed by atoms with Crippen LogP contribution in [-0.4, -0.2) is 12.0 Å². The first-order valence-corrected chi connectivity index (χ1v) is 6.30. The van der Waals surface area contributed by atoms with Crippen molar-refractivity contribution >= 4 is 22.5 Å². The van der Waals surface area contributed by atoms with Gasteiger partial charge in [0.05, 0.1) is 5.52 Å². The van der Waals surface area contributed by atoms with E-state index in [1.165, 1.54) is 0 Å². The van der Waals surface area contributed by atoms with E-state index in [4.69, 9.17) is 10.2 Å². The number of oxazole rings is 1. The van der Waals surface area contributed by atoms with Crippen LogP contribution in [0.3, 0.4) is 0 Å². The van der Waals surface area contributed by atoms with Crippen LogP contribution in [0.15, 0.2) is 51.7 Å². The van der Waals surface area contributed by atoms with Gasteiger partial charge in [-0.15, -0.1) is 0 Å². The van der Waals surface area contributed by atoms with Crippen LogP contribution in [0.4, 0.5) is 11.4 Å². The maximum atomic E-state index is 11.1. The smallest absolute Gasteiger partial charge is 0.408 e. The number of fused-ring (bicyclic) bond motifs is 1. The third kappa shape index (κ3) is 2.38. The van der Waals surface area contributed by atoms with Crippen molar-refractivity contribution in [3.8, 4) is 0 Å². The Balaban J connectivity index is 1.88. The van der Waals surface area contributed by atoms with Crippen molar-refractivity contribution in [3.05, 3.63) is 58.6 Å². The molecule has 5 nitrogen and oxygen atoms in total. The first-order chi connectivity index (χ1) is 9.61. The SMILES string of the molecule is CN(Cc1cccc(N)c1)c1ccc2oc(=O)[nH]c2c1. The molecule has 102 valence electrons. The number of nitrogen functional groups attached to an aromatic ring is 1. The summed E-state index contributed by atoms with van der Waals surface area (Å²) >= 11 is 0. The van der Waals surface area contributed by atoms with E-state index in [1.807, 2.05) is 43.4 Å². The highest BCUT2D eigenvalue weighted by Crippen LogP contribution is 2.21.